The standard InChI is InChI=1S/C46H32N4/c1-46(50-42-20-8-3-14-35(42)36-15-4-9-21-43(36)50)26-11-13-31(25-27-46)32-23-24-33(29-47)39(28-32)37-16-2-6-18-40(37)49-41-19-7-5-17-38(41)45-34(30-48)12-10-22-44(45)49/h2-25,28H,26-27H2,1H3. The van der Waals surface area contributed by atoms with Gasteiger partial charge in [-0.25, -0.2) is 0 Å². The molecular formula is C46H32N4. The monoisotopic (exact) mass is 640 g/mol. The molecule has 0 aliphatic heterocycles. The number of benzene rings is 6. The smallest absolute Gasteiger partial charge is 0.0998 e. The third-order valence-electron chi connectivity index (χ3n) is 10.5. The zero-order chi connectivity index (χ0) is 33.8. The van der Waals surface area contributed by atoms with Crippen LogP contribution >= 0.6 is 0 Å². The Morgan fingerprint density at radius 3 is 1.96 bits per heavy atom. The zero-order valence-corrected chi connectivity index (χ0v) is 27.6. The molecule has 2 aromatic heterocycles. The van der Waals surface area contributed by atoms with E-state index >= 15 is 0 Å². The van der Waals surface area contributed by atoms with E-state index in [0.29, 0.717) is 11.1 Å². The summed E-state index contributed by atoms with van der Waals surface area (Å²) >= 11 is 0. The number of rotatable bonds is 4. The number of nitrogens with zero attached hydrogens (tertiary/aromatic N) is 4. The van der Waals surface area contributed by atoms with Crippen LogP contribution in [0, 0.1) is 22.7 Å². The van der Waals surface area contributed by atoms with Gasteiger partial charge in [0.2, 0.25) is 0 Å². The fraction of sp³-hybridized carbons (Fsp3) is 0.0870. The van der Waals surface area contributed by atoms with Crippen LogP contribution in [-0.2, 0) is 5.54 Å². The van der Waals surface area contributed by atoms with E-state index in [1.165, 1.54) is 21.8 Å². The van der Waals surface area contributed by atoms with Crippen molar-refractivity contribution in [1.29, 1.82) is 10.5 Å². The van der Waals surface area contributed by atoms with Gasteiger partial charge in [0.1, 0.15) is 0 Å². The third kappa shape index (κ3) is 4.43. The molecule has 0 bridgehead atoms. The van der Waals surface area contributed by atoms with Crippen LogP contribution in [0.25, 0.3) is 66.0 Å². The Bertz CT molecular complexity index is 2760. The molecule has 50 heavy (non-hydrogen) atoms. The maximum atomic E-state index is 10.4. The number of nitriles is 2. The molecular weight excluding hydrogens is 609 g/mol. The molecule has 0 fully saturated rings. The minimum absolute atomic E-state index is 0.165. The molecule has 0 spiro atoms. The van der Waals surface area contributed by atoms with Crippen LogP contribution in [0.4, 0.5) is 0 Å². The van der Waals surface area contributed by atoms with Crippen LogP contribution in [0.5, 0.6) is 0 Å². The SMILES string of the molecule is CC1(n2c3ccccc3c3ccccc32)CC=CC(c2ccc(C#N)c(-c3ccccc3-n3c4ccccc4c4c(C#N)cccc43)c2)=CC1. The predicted molar refractivity (Wildman–Crippen MR) is 205 cm³/mol. The Morgan fingerprint density at radius 1 is 0.580 bits per heavy atom. The minimum atomic E-state index is -0.165. The van der Waals surface area contributed by atoms with E-state index in [1.54, 1.807) is 0 Å². The Hall–Kier alpha value is -6.62. The molecule has 4 heteroatoms. The maximum Gasteiger partial charge on any atom is 0.0998 e. The highest BCUT2D eigenvalue weighted by Gasteiger charge is 2.29. The molecule has 8 aromatic rings. The number of para-hydroxylation sites is 4. The van der Waals surface area contributed by atoms with E-state index < -0.39 is 0 Å². The zero-order valence-electron chi connectivity index (χ0n) is 27.6. The minimum Gasteiger partial charge on any atom is -0.334 e. The highest BCUT2D eigenvalue weighted by Crippen LogP contribution is 2.42. The summed E-state index contributed by atoms with van der Waals surface area (Å²) in [5.74, 6) is 0. The molecule has 4 nitrogen and oxygen atoms in total. The highest BCUT2D eigenvalue weighted by molar-refractivity contribution is 6.12. The number of allylic oxidation sites excluding steroid dienone is 4. The summed E-state index contributed by atoms with van der Waals surface area (Å²) < 4.78 is 4.77. The topological polar surface area (TPSA) is 57.4 Å². The largest absolute Gasteiger partial charge is 0.334 e. The summed E-state index contributed by atoms with van der Waals surface area (Å²) in [6.45, 7) is 2.36. The first-order chi connectivity index (χ1) is 24.6. The maximum absolute atomic E-state index is 10.4. The van der Waals surface area contributed by atoms with Gasteiger partial charge < -0.3 is 9.13 Å². The molecule has 1 aliphatic rings. The van der Waals surface area contributed by atoms with Crippen molar-refractivity contribution in [1.82, 2.24) is 9.13 Å². The summed E-state index contributed by atoms with van der Waals surface area (Å²) in [5, 5.41) is 24.9. The molecule has 0 saturated heterocycles. The molecule has 0 amide bonds. The van der Waals surface area contributed by atoms with Crippen molar-refractivity contribution in [3.05, 3.63) is 168 Å². The second kappa shape index (κ2) is 11.5. The fourth-order valence-electron chi connectivity index (χ4n) is 8.13. The van der Waals surface area contributed by atoms with Crippen LogP contribution in [0.15, 0.2) is 152 Å². The summed E-state index contributed by atoms with van der Waals surface area (Å²) in [6, 6.07) is 50.9. The van der Waals surface area contributed by atoms with Gasteiger partial charge in [-0.3, -0.25) is 0 Å². The Balaban J connectivity index is 1.18. The molecule has 9 rings (SSSR count). The van der Waals surface area contributed by atoms with Crippen LogP contribution in [0.1, 0.15) is 36.5 Å². The quantitative estimate of drug-likeness (QED) is 0.192. The molecule has 1 atom stereocenters. The normalized spacial score (nSPS) is 16.0. The van der Waals surface area contributed by atoms with Crippen molar-refractivity contribution in [2.24, 2.45) is 0 Å². The van der Waals surface area contributed by atoms with E-state index in [1.807, 2.05) is 42.5 Å². The van der Waals surface area contributed by atoms with Gasteiger partial charge in [-0.2, -0.15) is 10.5 Å². The third-order valence-corrected chi connectivity index (χ3v) is 10.5. The average Bonchev–Trinajstić information content (AvgIpc) is 3.61. The van der Waals surface area contributed by atoms with Crippen LogP contribution in [-0.4, -0.2) is 9.13 Å². The molecule has 6 aromatic carbocycles. The average molecular weight is 641 g/mol. The predicted octanol–water partition coefficient (Wildman–Crippen LogP) is 11.5. The van der Waals surface area contributed by atoms with Gasteiger partial charge in [0.25, 0.3) is 0 Å². The summed E-state index contributed by atoms with van der Waals surface area (Å²) in [5.41, 5.74) is 10.6. The van der Waals surface area contributed by atoms with Crippen LogP contribution < -0.4 is 0 Å². The van der Waals surface area contributed by atoms with Crippen LogP contribution in [0.2, 0.25) is 0 Å². The van der Waals surface area contributed by atoms with Gasteiger partial charge in [-0.15, -0.1) is 0 Å². The van der Waals surface area contributed by atoms with E-state index in [9.17, 15) is 10.5 Å². The van der Waals surface area contributed by atoms with Crippen molar-refractivity contribution < 1.29 is 0 Å². The Morgan fingerprint density at radius 2 is 1.22 bits per heavy atom. The summed E-state index contributed by atoms with van der Waals surface area (Å²) in [7, 11) is 0. The lowest BCUT2D eigenvalue weighted by Crippen LogP contribution is -2.28. The molecule has 236 valence electrons. The highest BCUT2D eigenvalue weighted by atomic mass is 15.1. The van der Waals surface area contributed by atoms with E-state index in [0.717, 1.165) is 62.6 Å². The molecule has 1 aliphatic carbocycles. The van der Waals surface area contributed by atoms with Crippen molar-refractivity contribution in [3.63, 3.8) is 0 Å². The van der Waals surface area contributed by atoms with E-state index in [-0.39, 0.29) is 5.54 Å². The molecule has 2 heterocycles. The van der Waals surface area contributed by atoms with Crippen molar-refractivity contribution in [3.8, 4) is 29.0 Å². The first-order valence-electron chi connectivity index (χ1n) is 17.0. The summed E-state index contributed by atoms with van der Waals surface area (Å²) in [6.07, 6.45) is 8.65. The van der Waals surface area contributed by atoms with Gasteiger partial charge in [-0.05, 0) is 79.4 Å². The Kier molecular flexibility index (Phi) is 6.80. The first-order valence-corrected chi connectivity index (χ1v) is 17.0. The molecule has 0 saturated carbocycles. The lowest BCUT2D eigenvalue weighted by molar-refractivity contribution is 0.348. The number of fused-ring (bicyclic) bond motifs is 6. The lowest BCUT2D eigenvalue weighted by atomic mass is 9.91. The lowest BCUT2D eigenvalue weighted by Gasteiger charge is -2.31. The molecule has 0 N–H and O–H groups in total. The molecule has 1 unspecified atom stereocenters. The van der Waals surface area contributed by atoms with Crippen molar-refractivity contribution in [2.45, 2.75) is 25.3 Å². The number of hydrogen-bond acceptors (Lipinski definition) is 2. The van der Waals surface area contributed by atoms with Gasteiger partial charge in [0, 0.05) is 49.2 Å². The number of hydrogen-bond donors (Lipinski definition) is 0. The van der Waals surface area contributed by atoms with Crippen molar-refractivity contribution >= 4 is 49.2 Å². The van der Waals surface area contributed by atoms with E-state index in [2.05, 4.69) is 137 Å². The fourth-order valence-corrected chi connectivity index (χ4v) is 8.13. The van der Waals surface area contributed by atoms with Crippen LogP contribution in [0.3, 0.4) is 0 Å². The second-order valence-electron chi connectivity index (χ2n) is 13.4. The molecule has 0 radical (unpaired) electrons. The van der Waals surface area contributed by atoms with Crippen molar-refractivity contribution in [2.75, 3.05) is 0 Å². The Labute approximate surface area is 290 Å². The second-order valence-corrected chi connectivity index (χ2v) is 13.4. The van der Waals surface area contributed by atoms with Gasteiger partial charge in [0.05, 0.1) is 40.0 Å². The van der Waals surface area contributed by atoms with Gasteiger partial charge in [-0.1, -0.05) is 103 Å². The van der Waals surface area contributed by atoms with E-state index in [4.69, 9.17) is 0 Å². The summed E-state index contributed by atoms with van der Waals surface area (Å²) in [4.78, 5) is 0. The first kappa shape index (κ1) is 29.5. The van der Waals surface area contributed by atoms with Gasteiger partial charge >= 0.3 is 0 Å². The number of aromatic nitrogens is 2. The van der Waals surface area contributed by atoms with Gasteiger partial charge in [0.15, 0.2) is 0 Å².